The van der Waals surface area contributed by atoms with Gasteiger partial charge in [-0.25, -0.2) is 0 Å². The van der Waals surface area contributed by atoms with Crippen LogP contribution >= 0.6 is 0 Å². The van der Waals surface area contributed by atoms with Gasteiger partial charge in [0.2, 0.25) is 5.52 Å². The van der Waals surface area contributed by atoms with Crippen LogP contribution in [0.25, 0.3) is 10.9 Å². The van der Waals surface area contributed by atoms with Crippen LogP contribution in [0.4, 0.5) is 0 Å². The van der Waals surface area contributed by atoms with Crippen molar-refractivity contribution in [2.24, 2.45) is 40.9 Å². The quantitative estimate of drug-likeness (QED) is 0.280. The van der Waals surface area contributed by atoms with Gasteiger partial charge in [-0.3, -0.25) is 4.79 Å². The van der Waals surface area contributed by atoms with E-state index in [-0.39, 0.29) is 17.3 Å². The van der Waals surface area contributed by atoms with Crippen LogP contribution in [0.5, 0.6) is 5.75 Å². The second kappa shape index (κ2) is 8.98. The summed E-state index contributed by atoms with van der Waals surface area (Å²) in [5.74, 6) is 3.63. The van der Waals surface area contributed by atoms with Crippen molar-refractivity contribution in [3.63, 3.8) is 0 Å². The molecule has 4 saturated carbocycles. The zero-order chi connectivity index (χ0) is 25.1. The Morgan fingerprint density at radius 2 is 1.92 bits per heavy atom. The summed E-state index contributed by atoms with van der Waals surface area (Å²) in [6, 6.07) is 8.83. The number of aliphatic hydroxyl groups is 1. The third-order valence-corrected chi connectivity index (χ3v) is 10.8. The second-order valence-electron chi connectivity index (χ2n) is 12.5. The smallest absolute Gasteiger partial charge is 0.314 e. The molecule has 0 amide bonds. The maximum absolute atomic E-state index is 13.5. The summed E-state index contributed by atoms with van der Waals surface area (Å²) in [6.07, 6.45) is 11.0. The number of aromatic nitrogens is 1. The standard InChI is InChI=1S/C30H39NO5/c1-29-13-11-23-22-12-14-30(33,18-35-2)17-20(22)5-7-24(23)25(29)8-9-26(29)28(32)36-21-6-10-27-19(16-21)4-3-15-31(27)34/h3-4,6,10,15-16,20,22-26,33H,5,7-9,11-14,17-18H2,1-2H3/t20?,22?,23?,24?,25?,26-,29+,30-/m1/s1. The molecular weight excluding hydrogens is 454 g/mol. The highest BCUT2D eigenvalue weighted by Crippen LogP contribution is 2.64. The van der Waals surface area contributed by atoms with E-state index in [1.54, 1.807) is 31.4 Å². The van der Waals surface area contributed by atoms with E-state index in [0.29, 0.717) is 41.5 Å². The maximum Gasteiger partial charge on any atom is 0.314 e. The van der Waals surface area contributed by atoms with E-state index in [2.05, 4.69) is 6.92 Å². The number of ether oxygens (including phenoxy) is 2. The number of pyridine rings is 1. The Morgan fingerprint density at radius 1 is 1.08 bits per heavy atom. The molecule has 1 aromatic heterocycles. The molecule has 4 aliphatic rings. The molecule has 194 valence electrons. The van der Waals surface area contributed by atoms with Gasteiger partial charge in [-0.15, -0.1) is 0 Å². The number of carbonyl (C=O) groups is 1. The van der Waals surface area contributed by atoms with Gasteiger partial charge in [-0.1, -0.05) is 6.92 Å². The molecule has 2 aromatic rings. The van der Waals surface area contributed by atoms with Crippen LogP contribution in [-0.2, 0) is 9.53 Å². The average Bonchev–Trinajstić information content (AvgIpc) is 3.21. The summed E-state index contributed by atoms with van der Waals surface area (Å²) >= 11 is 0. The molecule has 0 radical (unpaired) electrons. The molecule has 0 bridgehead atoms. The highest BCUT2D eigenvalue weighted by molar-refractivity contribution is 5.81. The molecule has 0 saturated heterocycles. The third kappa shape index (κ3) is 3.92. The lowest BCUT2D eigenvalue weighted by atomic mass is 9.49. The molecule has 1 aromatic carbocycles. The SMILES string of the molecule is COC[C@@]1(O)CCC2C(CCC3C2CC[C@@]2(C)C3CC[C@@H]2C(=O)Oc2ccc3c(ccc[n+]3[O-])c2)C1. The van der Waals surface area contributed by atoms with Crippen molar-refractivity contribution in [1.82, 2.24) is 0 Å². The number of rotatable bonds is 4. The predicted octanol–water partition coefficient (Wildman–Crippen LogP) is 5.02. The first kappa shape index (κ1) is 24.2. The predicted molar refractivity (Wildman–Crippen MR) is 136 cm³/mol. The molecule has 1 heterocycles. The van der Waals surface area contributed by atoms with E-state index in [1.165, 1.54) is 25.5 Å². The van der Waals surface area contributed by atoms with Gasteiger partial charge in [0.15, 0.2) is 6.20 Å². The second-order valence-corrected chi connectivity index (χ2v) is 12.5. The van der Waals surface area contributed by atoms with Gasteiger partial charge in [0.05, 0.1) is 23.5 Å². The number of fused-ring (bicyclic) bond motifs is 6. The fourth-order valence-electron chi connectivity index (χ4n) is 9.17. The van der Waals surface area contributed by atoms with Crippen LogP contribution in [0, 0.1) is 46.1 Å². The summed E-state index contributed by atoms with van der Waals surface area (Å²) in [5.41, 5.74) is -0.0847. The molecule has 6 heteroatoms. The minimum Gasteiger partial charge on any atom is -0.618 e. The lowest BCUT2D eigenvalue weighted by Crippen LogP contribution is -2.52. The van der Waals surface area contributed by atoms with Crippen molar-refractivity contribution in [3.8, 4) is 5.75 Å². The first-order valence-corrected chi connectivity index (χ1v) is 13.9. The first-order chi connectivity index (χ1) is 17.3. The minimum atomic E-state index is -0.648. The van der Waals surface area contributed by atoms with Crippen LogP contribution in [-0.4, -0.2) is 30.4 Å². The van der Waals surface area contributed by atoms with Gasteiger partial charge < -0.3 is 19.8 Å². The van der Waals surface area contributed by atoms with Crippen LogP contribution < -0.4 is 9.47 Å². The van der Waals surface area contributed by atoms with Gasteiger partial charge in [0.1, 0.15) is 5.75 Å². The van der Waals surface area contributed by atoms with Gasteiger partial charge >= 0.3 is 5.97 Å². The Kier molecular flexibility index (Phi) is 6.03. The molecule has 6 rings (SSSR count). The number of methoxy groups -OCH3 is 1. The van der Waals surface area contributed by atoms with Crippen molar-refractivity contribution in [2.75, 3.05) is 13.7 Å². The Labute approximate surface area is 213 Å². The molecule has 4 aliphatic carbocycles. The van der Waals surface area contributed by atoms with E-state index >= 15 is 0 Å². The Bertz CT molecular complexity index is 1150. The van der Waals surface area contributed by atoms with E-state index < -0.39 is 5.60 Å². The minimum absolute atomic E-state index is 0.00850. The highest BCUT2D eigenvalue weighted by atomic mass is 16.5. The average molecular weight is 494 g/mol. The molecular formula is C30H39NO5. The van der Waals surface area contributed by atoms with Gasteiger partial charge in [-0.2, -0.15) is 4.73 Å². The van der Waals surface area contributed by atoms with Crippen LogP contribution in [0.2, 0.25) is 0 Å². The number of hydrogen-bond donors (Lipinski definition) is 1. The molecule has 1 N–H and O–H groups in total. The third-order valence-electron chi connectivity index (χ3n) is 10.8. The van der Waals surface area contributed by atoms with E-state index in [1.807, 2.05) is 6.07 Å². The molecule has 0 aliphatic heterocycles. The van der Waals surface area contributed by atoms with Gasteiger partial charge in [-0.05, 0) is 111 Å². The zero-order valence-electron chi connectivity index (χ0n) is 21.5. The molecule has 0 spiro atoms. The first-order valence-electron chi connectivity index (χ1n) is 13.9. The van der Waals surface area contributed by atoms with Crippen LogP contribution in [0.1, 0.15) is 64.7 Å². The summed E-state index contributed by atoms with van der Waals surface area (Å²) in [6.45, 7) is 2.79. The summed E-state index contributed by atoms with van der Waals surface area (Å²) in [5, 5.41) is 23.7. The number of esters is 1. The fraction of sp³-hybridized carbons (Fsp3) is 0.667. The van der Waals surface area contributed by atoms with Crippen molar-refractivity contribution < 1.29 is 24.1 Å². The van der Waals surface area contributed by atoms with Gasteiger partial charge in [0, 0.05) is 19.2 Å². The lowest BCUT2D eigenvalue weighted by Gasteiger charge is -2.56. The maximum atomic E-state index is 13.5. The van der Waals surface area contributed by atoms with E-state index in [0.717, 1.165) is 54.6 Å². The number of carbonyl (C=O) groups excluding carboxylic acids is 1. The number of nitrogens with zero attached hydrogens (tertiary/aromatic N) is 1. The van der Waals surface area contributed by atoms with Crippen molar-refractivity contribution in [2.45, 2.75) is 70.3 Å². The lowest BCUT2D eigenvalue weighted by molar-refractivity contribution is -0.577. The topological polar surface area (TPSA) is 82.7 Å². The normalized spacial score (nSPS) is 39.8. The molecule has 4 fully saturated rings. The summed E-state index contributed by atoms with van der Waals surface area (Å²) in [7, 11) is 1.69. The Balaban J connectivity index is 1.16. The van der Waals surface area contributed by atoms with E-state index in [4.69, 9.17) is 9.47 Å². The van der Waals surface area contributed by atoms with Crippen LogP contribution in [0.3, 0.4) is 0 Å². The summed E-state index contributed by atoms with van der Waals surface area (Å²) in [4.78, 5) is 13.5. The van der Waals surface area contributed by atoms with Crippen molar-refractivity contribution in [1.29, 1.82) is 0 Å². The monoisotopic (exact) mass is 493 g/mol. The largest absolute Gasteiger partial charge is 0.618 e. The Hall–Kier alpha value is -2.18. The highest BCUT2D eigenvalue weighted by Gasteiger charge is 2.59. The molecule has 36 heavy (non-hydrogen) atoms. The number of hydrogen-bond acceptors (Lipinski definition) is 5. The van der Waals surface area contributed by atoms with E-state index in [9.17, 15) is 15.1 Å². The summed E-state index contributed by atoms with van der Waals surface area (Å²) < 4.78 is 12.1. The zero-order valence-corrected chi connectivity index (χ0v) is 21.5. The molecule has 6 nitrogen and oxygen atoms in total. The van der Waals surface area contributed by atoms with Gasteiger partial charge in [0.25, 0.3) is 0 Å². The Morgan fingerprint density at radius 3 is 2.75 bits per heavy atom. The molecule has 8 atom stereocenters. The van der Waals surface area contributed by atoms with Crippen molar-refractivity contribution >= 4 is 16.9 Å². The van der Waals surface area contributed by atoms with Crippen LogP contribution in [0.15, 0.2) is 36.5 Å². The fourth-order valence-corrected chi connectivity index (χ4v) is 9.17. The van der Waals surface area contributed by atoms with Crippen molar-refractivity contribution in [3.05, 3.63) is 41.7 Å². The number of benzene rings is 1. The molecule has 5 unspecified atom stereocenters.